The zero-order valence-electron chi connectivity index (χ0n) is 28.1. The number of nitrogens with zero attached hydrogens (tertiary/aromatic N) is 3. The number of hydrogen-bond acceptors (Lipinski definition) is 3. The van der Waals surface area contributed by atoms with Gasteiger partial charge in [-0.25, -0.2) is 4.98 Å². The number of hydrogen-bond donors (Lipinski definition) is 1. The van der Waals surface area contributed by atoms with Gasteiger partial charge in [0.2, 0.25) is 0 Å². The third-order valence-electron chi connectivity index (χ3n) is 9.34. The second kappa shape index (κ2) is 21.2. The van der Waals surface area contributed by atoms with Crippen molar-refractivity contribution in [2.75, 3.05) is 11.9 Å². The number of fused-ring (bicyclic) bond motifs is 3. The molecule has 1 aromatic carbocycles. The molecule has 0 atom stereocenters. The molecule has 0 saturated heterocycles. The number of nitrogens with one attached hydrogen (secondary N) is 1. The molecule has 43 heavy (non-hydrogen) atoms. The van der Waals surface area contributed by atoms with E-state index in [1.165, 1.54) is 147 Å². The van der Waals surface area contributed by atoms with Crippen molar-refractivity contribution >= 4 is 22.5 Å². The van der Waals surface area contributed by atoms with Gasteiger partial charge in [-0.2, -0.15) is 5.26 Å². The lowest BCUT2D eigenvalue weighted by Crippen LogP contribution is -2.12. The molecule has 238 valence electrons. The maximum absolute atomic E-state index is 10.1. The van der Waals surface area contributed by atoms with Gasteiger partial charge in [-0.05, 0) is 49.4 Å². The van der Waals surface area contributed by atoms with Crippen molar-refractivity contribution in [1.82, 2.24) is 9.38 Å². The molecule has 1 N–H and O–H groups in total. The standard InChI is InChI=1S/C39H62N4/c1-4-6-8-10-12-13-14-15-16-17-18-19-20-21-23-27-31-41-38-34(28-24-22-11-9-7-5-2)33(3)35(32-40)39-42-36-29-25-26-30-37(36)43(38)39/h25-26,29-30,41H,4-24,27-28,31H2,1-3H3. The summed E-state index contributed by atoms with van der Waals surface area (Å²) in [5.41, 5.74) is 5.98. The van der Waals surface area contributed by atoms with Crippen molar-refractivity contribution in [3.8, 4) is 6.07 Å². The van der Waals surface area contributed by atoms with Crippen molar-refractivity contribution in [3.05, 3.63) is 41.0 Å². The first-order valence-corrected chi connectivity index (χ1v) is 18.3. The fraction of sp³-hybridized carbons (Fsp3) is 0.692. The van der Waals surface area contributed by atoms with E-state index in [0.717, 1.165) is 46.6 Å². The molecule has 2 aromatic heterocycles. The first-order valence-electron chi connectivity index (χ1n) is 18.3. The molecule has 4 nitrogen and oxygen atoms in total. The Kier molecular flexibility index (Phi) is 17.2. The first kappa shape index (κ1) is 34.9. The van der Waals surface area contributed by atoms with Crippen LogP contribution < -0.4 is 5.32 Å². The predicted molar refractivity (Wildman–Crippen MR) is 187 cm³/mol. The Morgan fingerprint density at radius 1 is 0.674 bits per heavy atom. The SMILES string of the molecule is CCCCCCCCCCCCCCCCCCNc1c(CCCCCCCC)c(C)c(C#N)c2nc3ccccc3n12. The van der Waals surface area contributed by atoms with Crippen LogP contribution in [0.5, 0.6) is 0 Å². The summed E-state index contributed by atoms with van der Waals surface area (Å²) >= 11 is 0. The number of anilines is 1. The summed E-state index contributed by atoms with van der Waals surface area (Å²) in [5, 5.41) is 14.0. The lowest BCUT2D eigenvalue weighted by molar-refractivity contribution is 0.530. The van der Waals surface area contributed by atoms with E-state index in [0.29, 0.717) is 0 Å². The van der Waals surface area contributed by atoms with Crippen LogP contribution in [-0.4, -0.2) is 15.9 Å². The zero-order chi connectivity index (χ0) is 30.5. The van der Waals surface area contributed by atoms with Crippen molar-refractivity contribution < 1.29 is 0 Å². The van der Waals surface area contributed by atoms with Crippen LogP contribution in [0.15, 0.2) is 24.3 Å². The summed E-state index contributed by atoms with van der Waals surface area (Å²) in [6.45, 7) is 7.66. The fourth-order valence-corrected chi connectivity index (χ4v) is 6.64. The van der Waals surface area contributed by atoms with Gasteiger partial charge >= 0.3 is 0 Å². The molecule has 0 amide bonds. The van der Waals surface area contributed by atoms with Gasteiger partial charge in [-0.15, -0.1) is 0 Å². The minimum Gasteiger partial charge on any atom is -0.371 e. The summed E-state index contributed by atoms with van der Waals surface area (Å²) in [5.74, 6) is 1.16. The van der Waals surface area contributed by atoms with Crippen molar-refractivity contribution in [3.63, 3.8) is 0 Å². The Hall–Kier alpha value is -2.54. The molecule has 0 aliphatic heterocycles. The Morgan fingerprint density at radius 2 is 1.16 bits per heavy atom. The van der Waals surface area contributed by atoms with E-state index in [1.54, 1.807) is 0 Å². The number of unbranched alkanes of at least 4 members (excludes halogenated alkanes) is 20. The molecule has 2 heterocycles. The van der Waals surface area contributed by atoms with Crippen molar-refractivity contribution in [2.45, 2.75) is 168 Å². The third kappa shape index (κ3) is 11.5. The second-order valence-electron chi connectivity index (χ2n) is 12.9. The van der Waals surface area contributed by atoms with E-state index in [2.05, 4.69) is 54.8 Å². The van der Waals surface area contributed by atoms with E-state index in [4.69, 9.17) is 4.98 Å². The van der Waals surface area contributed by atoms with Crippen LogP contribution in [-0.2, 0) is 6.42 Å². The average molecular weight is 587 g/mol. The number of nitriles is 1. The van der Waals surface area contributed by atoms with Gasteiger partial charge in [0, 0.05) is 6.54 Å². The molecular formula is C39H62N4. The van der Waals surface area contributed by atoms with Gasteiger partial charge in [-0.1, -0.05) is 154 Å². The topological polar surface area (TPSA) is 53.1 Å². The number of benzene rings is 1. The lowest BCUT2D eigenvalue weighted by atomic mass is 9.98. The summed E-state index contributed by atoms with van der Waals surface area (Å²) in [4.78, 5) is 4.91. The highest BCUT2D eigenvalue weighted by Crippen LogP contribution is 2.32. The van der Waals surface area contributed by atoms with E-state index < -0.39 is 0 Å². The number of imidazole rings is 1. The monoisotopic (exact) mass is 586 g/mol. The molecule has 0 saturated carbocycles. The molecule has 0 aliphatic carbocycles. The highest BCUT2D eigenvalue weighted by molar-refractivity contribution is 5.86. The van der Waals surface area contributed by atoms with Crippen molar-refractivity contribution in [1.29, 1.82) is 5.26 Å². The lowest BCUT2D eigenvalue weighted by Gasteiger charge is -2.19. The van der Waals surface area contributed by atoms with E-state index >= 15 is 0 Å². The first-order chi connectivity index (χ1) is 21.2. The molecule has 0 aliphatic rings. The minimum absolute atomic E-state index is 0.727. The van der Waals surface area contributed by atoms with Crippen LogP contribution in [0.3, 0.4) is 0 Å². The van der Waals surface area contributed by atoms with E-state index in [1.807, 2.05) is 6.07 Å². The number of pyridine rings is 1. The van der Waals surface area contributed by atoms with E-state index in [-0.39, 0.29) is 0 Å². The Balaban J connectivity index is 1.45. The summed E-state index contributed by atoms with van der Waals surface area (Å²) in [7, 11) is 0. The Morgan fingerprint density at radius 3 is 1.70 bits per heavy atom. The van der Waals surface area contributed by atoms with Gasteiger partial charge in [-0.3, -0.25) is 4.40 Å². The van der Waals surface area contributed by atoms with Crippen LogP contribution in [0, 0.1) is 18.3 Å². The predicted octanol–water partition coefficient (Wildman–Crippen LogP) is 12.2. The van der Waals surface area contributed by atoms with Crippen LogP contribution >= 0.6 is 0 Å². The molecule has 3 aromatic rings. The molecule has 0 fully saturated rings. The van der Waals surface area contributed by atoms with Crippen LogP contribution in [0.25, 0.3) is 16.7 Å². The fourth-order valence-electron chi connectivity index (χ4n) is 6.64. The van der Waals surface area contributed by atoms with Crippen LogP contribution in [0.4, 0.5) is 5.82 Å². The third-order valence-corrected chi connectivity index (χ3v) is 9.34. The number of para-hydroxylation sites is 2. The van der Waals surface area contributed by atoms with Gasteiger partial charge in [0.15, 0.2) is 5.65 Å². The average Bonchev–Trinajstić information content (AvgIpc) is 3.40. The highest BCUT2D eigenvalue weighted by atomic mass is 15.1. The molecular weight excluding hydrogens is 524 g/mol. The maximum Gasteiger partial charge on any atom is 0.157 e. The minimum atomic E-state index is 0.727. The van der Waals surface area contributed by atoms with Gasteiger partial charge in [0.05, 0.1) is 16.6 Å². The number of aromatic nitrogens is 2. The molecule has 3 rings (SSSR count). The van der Waals surface area contributed by atoms with Crippen LogP contribution in [0.1, 0.15) is 172 Å². The van der Waals surface area contributed by atoms with Gasteiger partial charge in [0.1, 0.15) is 11.9 Å². The van der Waals surface area contributed by atoms with Gasteiger partial charge in [0.25, 0.3) is 0 Å². The summed E-state index contributed by atoms with van der Waals surface area (Å²) in [6, 6.07) is 10.8. The summed E-state index contributed by atoms with van der Waals surface area (Å²) in [6.07, 6.45) is 30.9. The molecule has 0 unspecified atom stereocenters. The Labute approximate surface area is 264 Å². The van der Waals surface area contributed by atoms with Crippen molar-refractivity contribution in [2.24, 2.45) is 0 Å². The molecule has 0 spiro atoms. The quantitative estimate of drug-likeness (QED) is 0.100. The second-order valence-corrected chi connectivity index (χ2v) is 12.9. The zero-order valence-corrected chi connectivity index (χ0v) is 28.1. The molecule has 4 heteroatoms. The molecule has 0 radical (unpaired) electrons. The molecule has 0 bridgehead atoms. The Bertz CT molecular complexity index is 1220. The highest BCUT2D eigenvalue weighted by Gasteiger charge is 2.20. The number of rotatable bonds is 25. The normalized spacial score (nSPS) is 11.5. The summed E-state index contributed by atoms with van der Waals surface area (Å²) < 4.78 is 2.24. The van der Waals surface area contributed by atoms with Crippen LogP contribution in [0.2, 0.25) is 0 Å². The van der Waals surface area contributed by atoms with Gasteiger partial charge < -0.3 is 5.32 Å². The van der Waals surface area contributed by atoms with E-state index in [9.17, 15) is 5.26 Å². The smallest absolute Gasteiger partial charge is 0.157 e. The maximum atomic E-state index is 10.1. The largest absolute Gasteiger partial charge is 0.371 e.